The minimum absolute atomic E-state index is 0.303. The molecule has 1 fully saturated rings. The predicted molar refractivity (Wildman–Crippen MR) is 118 cm³/mol. The Kier molecular flexibility index (Phi) is 5.29. The van der Waals surface area contributed by atoms with E-state index in [4.69, 9.17) is 4.74 Å². The Morgan fingerprint density at radius 2 is 2.12 bits per heavy atom. The van der Waals surface area contributed by atoms with E-state index in [1.165, 1.54) is 0 Å². The van der Waals surface area contributed by atoms with Gasteiger partial charge in [0.05, 0.1) is 23.6 Å². The maximum Gasteiger partial charge on any atom is 0.148 e. The van der Waals surface area contributed by atoms with Gasteiger partial charge in [0.2, 0.25) is 0 Å². The highest BCUT2D eigenvalue weighted by molar-refractivity contribution is 5.74. The van der Waals surface area contributed by atoms with Gasteiger partial charge >= 0.3 is 0 Å². The first-order chi connectivity index (χ1) is 15.7. The van der Waals surface area contributed by atoms with Gasteiger partial charge in [0.1, 0.15) is 34.7 Å². The number of hydrogen-bond donors (Lipinski definition) is 1. The Morgan fingerprint density at radius 1 is 1.28 bits per heavy atom. The van der Waals surface area contributed by atoms with Crippen LogP contribution in [0.3, 0.4) is 0 Å². The van der Waals surface area contributed by atoms with Crippen molar-refractivity contribution in [2.45, 2.75) is 38.8 Å². The number of pyridine rings is 2. The molecule has 162 valence electrons. The molecule has 0 aliphatic carbocycles. The van der Waals surface area contributed by atoms with Crippen LogP contribution < -0.4 is 10.1 Å². The average Bonchev–Trinajstić information content (AvgIpc) is 3.43. The molecule has 5 heterocycles. The van der Waals surface area contributed by atoms with E-state index < -0.39 is 0 Å². The van der Waals surface area contributed by atoms with Crippen molar-refractivity contribution in [2.75, 3.05) is 13.1 Å². The van der Waals surface area contributed by atoms with Crippen LogP contribution in [0.4, 0.5) is 0 Å². The lowest BCUT2D eigenvalue weighted by molar-refractivity contribution is 0.224. The molecule has 9 nitrogen and oxygen atoms in total. The van der Waals surface area contributed by atoms with Gasteiger partial charge in [-0.15, -0.1) is 5.10 Å². The van der Waals surface area contributed by atoms with Gasteiger partial charge in [0.15, 0.2) is 0 Å². The molecule has 1 N–H and O–H groups in total. The van der Waals surface area contributed by atoms with Gasteiger partial charge in [0.25, 0.3) is 0 Å². The lowest BCUT2D eigenvalue weighted by Gasteiger charge is -2.23. The fourth-order valence-electron chi connectivity index (χ4n) is 4.26. The summed E-state index contributed by atoms with van der Waals surface area (Å²) >= 11 is 0. The lowest BCUT2D eigenvalue weighted by atomic mass is 10.1. The van der Waals surface area contributed by atoms with Crippen LogP contribution in [0.5, 0.6) is 5.75 Å². The van der Waals surface area contributed by atoms with Crippen LogP contribution in [-0.2, 0) is 0 Å². The first-order valence-corrected chi connectivity index (χ1v) is 10.8. The third kappa shape index (κ3) is 3.59. The summed E-state index contributed by atoms with van der Waals surface area (Å²) in [4.78, 5) is 4.39. The Morgan fingerprint density at radius 3 is 2.88 bits per heavy atom. The predicted octanol–water partition coefficient (Wildman–Crippen LogP) is 3.23. The summed E-state index contributed by atoms with van der Waals surface area (Å²) in [5.41, 5.74) is 4.52. The first-order valence-electron chi connectivity index (χ1n) is 10.8. The summed E-state index contributed by atoms with van der Waals surface area (Å²) in [6, 6.07) is 10.2. The standard InChI is InChI=1S/C23H24N8O/c1-15-22(28-29-31(15)19-6-9-25-10-7-19)17-11-21(23-18(12-24)13-27-30(23)14-17)32-16(2)20-5-3-4-8-26-20/h3-5,8,11,13-14,16,19,25H,6-7,9-10H2,1-2H3/t16-/m1/s1. The zero-order valence-corrected chi connectivity index (χ0v) is 18.1. The van der Waals surface area contributed by atoms with E-state index in [2.05, 4.69) is 31.8 Å². The zero-order chi connectivity index (χ0) is 22.1. The van der Waals surface area contributed by atoms with Crippen molar-refractivity contribution in [2.24, 2.45) is 0 Å². The molecule has 4 aromatic rings. The summed E-state index contributed by atoms with van der Waals surface area (Å²) in [5, 5.41) is 26.3. The van der Waals surface area contributed by atoms with Gasteiger partial charge < -0.3 is 10.1 Å². The number of ether oxygens (including phenoxy) is 1. The second-order valence-corrected chi connectivity index (χ2v) is 8.02. The molecule has 1 saturated heterocycles. The van der Waals surface area contributed by atoms with E-state index >= 15 is 0 Å². The van der Waals surface area contributed by atoms with Gasteiger partial charge in [-0.05, 0) is 58.0 Å². The van der Waals surface area contributed by atoms with Crippen LogP contribution in [0.1, 0.15) is 48.9 Å². The molecule has 5 rings (SSSR count). The van der Waals surface area contributed by atoms with Gasteiger partial charge in [0, 0.05) is 18.0 Å². The fraction of sp³-hybridized carbons (Fsp3) is 0.348. The fourth-order valence-corrected chi connectivity index (χ4v) is 4.26. The molecule has 32 heavy (non-hydrogen) atoms. The van der Waals surface area contributed by atoms with Crippen molar-refractivity contribution < 1.29 is 4.74 Å². The lowest BCUT2D eigenvalue weighted by Crippen LogP contribution is -2.30. The summed E-state index contributed by atoms with van der Waals surface area (Å²) in [6.45, 7) is 5.95. The molecule has 0 aromatic carbocycles. The Hall–Kier alpha value is -3.77. The van der Waals surface area contributed by atoms with Gasteiger partial charge in [-0.25, -0.2) is 9.20 Å². The highest BCUT2D eigenvalue weighted by Crippen LogP contribution is 2.33. The highest BCUT2D eigenvalue weighted by atomic mass is 16.5. The van der Waals surface area contributed by atoms with Gasteiger partial charge in [-0.1, -0.05) is 11.3 Å². The number of nitriles is 1. The van der Waals surface area contributed by atoms with Crippen molar-refractivity contribution in [3.8, 4) is 23.1 Å². The largest absolute Gasteiger partial charge is 0.482 e. The zero-order valence-electron chi connectivity index (χ0n) is 18.1. The van der Waals surface area contributed by atoms with E-state index in [0.717, 1.165) is 48.6 Å². The molecule has 0 bridgehead atoms. The molecule has 0 amide bonds. The molecule has 4 aromatic heterocycles. The minimum atomic E-state index is -0.303. The molecule has 9 heteroatoms. The maximum absolute atomic E-state index is 9.58. The third-order valence-corrected chi connectivity index (χ3v) is 5.96. The van der Waals surface area contributed by atoms with Crippen molar-refractivity contribution >= 4 is 5.52 Å². The number of piperidine rings is 1. The topological polar surface area (TPSA) is 106 Å². The highest BCUT2D eigenvalue weighted by Gasteiger charge is 2.23. The number of aromatic nitrogens is 6. The van der Waals surface area contributed by atoms with E-state index in [9.17, 15) is 5.26 Å². The van der Waals surface area contributed by atoms with Gasteiger partial charge in [-0.2, -0.15) is 10.4 Å². The number of nitrogens with zero attached hydrogens (tertiary/aromatic N) is 7. The number of nitrogens with one attached hydrogen (secondary N) is 1. The van der Waals surface area contributed by atoms with Crippen LogP contribution in [0.2, 0.25) is 0 Å². The minimum Gasteiger partial charge on any atom is -0.482 e. The molecule has 0 unspecified atom stereocenters. The number of fused-ring (bicyclic) bond motifs is 1. The van der Waals surface area contributed by atoms with Crippen LogP contribution in [0, 0.1) is 18.3 Å². The summed E-state index contributed by atoms with van der Waals surface area (Å²) in [5.74, 6) is 0.561. The molecular formula is C23H24N8O. The smallest absolute Gasteiger partial charge is 0.148 e. The Bertz CT molecular complexity index is 1280. The number of hydrogen-bond acceptors (Lipinski definition) is 7. The maximum atomic E-state index is 9.58. The van der Waals surface area contributed by atoms with E-state index in [1.807, 2.05) is 49.0 Å². The first kappa shape index (κ1) is 20.2. The van der Waals surface area contributed by atoms with E-state index in [-0.39, 0.29) is 6.10 Å². The quantitative estimate of drug-likeness (QED) is 0.520. The SMILES string of the molecule is Cc1c(-c2cc(O[C@H](C)c3ccccn3)c3c(C#N)cnn3c2)nnn1C1CCNCC1. The Labute approximate surface area is 185 Å². The summed E-state index contributed by atoms with van der Waals surface area (Å²) < 4.78 is 10.0. The van der Waals surface area contributed by atoms with E-state index in [1.54, 1.807) is 16.9 Å². The molecule has 1 aliphatic heterocycles. The van der Waals surface area contributed by atoms with Crippen LogP contribution >= 0.6 is 0 Å². The molecule has 1 aliphatic rings. The summed E-state index contributed by atoms with van der Waals surface area (Å²) in [6.07, 6.45) is 6.92. The average molecular weight is 429 g/mol. The normalized spacial score (nSPS) is 15.5. The second-order valence-electron chi connectivity index (χ2n) is 8.02. The van der Waals surface area contributed by atoms with Crippen LogP contribution in [0.15, 0.2) is 42.9 Å². The van der Waals surface area contributed by atoms with Crippen LogP contribution in [-0.4, -0.2) is 42.7 Å². The molecule has 1 atom stereocenters. The van der Waals surface area contributed by atoms with E-state index in [0.29, 0.717) is 22.9 Å². The molecule has 0 saturated carbocycles. The van der Waals surface area contributed by atoms with Crippen molar-refractivity contribution in [3.05, 3.63) is 59.8 Å². The van der Waals surface area contributed by atoms with Crippen molar-refractivity contribution in [1.29, 1.82) is 5.26 Å². The Balaban J connectivity index is 1.57. The monoisotopic (exact) mass is 428 g/mol. The van der Waals surface area contributed by atoms with Gasteiger partial charge in [-0.3, -0.25) is 4.98 Å². The van der Waals surface area contributed by atoms with Crippen molar-refractivity contribution in [3.63, 3.8) is 0 Å². The summed E-state index contributed by atoms with van der Waals surface area (Å²) in [7, 11) is 0. The number of rotatable bonds is 5. The molecular weight excluding hydrogens is 404 g/mol. The third-order valence-electron chi connectivity index (χ3n) is 5.96. The van der Waals surface area contributed by atoms with Crippen LogP contribution in [0.25, 0.3) is 16.8 Å². The molecule has 0 radical (unpaired) electrons. The van der Waals surface area contributed by atoms with Crippen molar-refractivity contribution in [1.82, 2.24) is 34.9 Å². The molecule has 0 spiro atoms. The second kappa shape index (κ2) is 8.40.